The number of carbonyl (C=O) groups is 1. The molecular formula is C21H26O6. The molecule has 27 heavy (non-hydrogen) atoms. The first kappa shape index (κ1) is 21.9. The lowest BCUT2D eigenvalue weighted by Crippen LogP contribution is -2.29. The quantitative estimate of drug-likeness (QED) is 0.240. The third-order valence-electron chi connectivity index (χ3n) is 3.38. The molecule has 0 bridgehead atoms. The summed E-state index contributed by atoms with van der Waals surface area (Å²) in [6.07, 6.45) is 5.51. The van der Waals surface area contributed by atoms with Gasteiger partial charge in [-0.05, 0) is 25.1 Å². The maximum atomic E-state index is 11.6. The third-order valence-corrected chi connectivity index (χ3v) is 3.38. The van der Waals surface area contributed by atoms with E-state index in [4.69, 9.17) is 23.7 Å². The van der Waals surface area contributed by atoms with Crippen molar-refractivity contribution in [1.82, 2.24) is 0 Å². The third kappa shape index (κ3) is 7.73. The molecule has 0 saturated carbocycles. The van der Waals surface area contributed by atoms with E-state index in [9.17, 15) is 4.79 Å². The van der Waals surface area contributed by atoms with Gasteiger partial charge in [0.25, 0.3) is 0 Å². The molecule has 0 heterocycles. The lowest BCUT2D eigenvalue weighted by Gasteiger charge is -2.20. The minimum atomic E-state index is -0.656. The molecule has 1 aromatic rings. The number of allylic oxidation sites excluding steroid dienone is 4. The predicted molar refractivity (Wildman–Crippen MR) is 104 cm³/mol. The Kier molecular flexibility index (Phi) is 9.93. The number of para-hydroxylation sites is 2. The van der Waals surface area contributed by atoms with E-state index < -0.39 is 12.1 Å². The summed E-state index contributed by atoms with van der Waals surface area (Å²) in [7, 11) is 3.09. The Labute approximate surface area is 160 Å². The van der Waals surface area contributed by atoms with E-state index in [0.717, 1.165) is 6.08 Å². The van der Waals surface area contributed by atoms with E-state index in [0.29, 0.717) is 23.0 Å². The van der Waals surface area contributed by atoms with Gasteiger partial charge in [0.15, 0.2) is 23.4 Å². The Morgan fingerprint density at radius 2 is 1.85 bits per heavy atom. The zero-order valence-corrected chi connectivity index (χ0v) is 16.0. The number of esters is 1. The van der Waals surface area contributed by atoms with Crippen molar-refractivity contribution >= 4 is 5.97 Å². The van der Waals surface area contributed by atoms with Gasteiger partial charge in [-0.1, -0.05) is 37.4 Å². The topological polar surface area (TPSA) is 63.2 Å². The van der Waals surface area contributed by atoms with Crippen molar-refractivity contribution in [3.05, 3.63) is 73.2 Å². The molecule has 6 nitrogen and oxygen atoms in total. The van der Waals surface area contributed by atoms with E-state index in [1.807, 2.05) is 12.1 Å². The van der Waals surface area contributed by atoms with Crippen LogP contribution in [0.2, 0.25) is 0 Å². The van der Waals surface area contributed by atoms with Gasteiger partial charge in [-0.15, -0.1) is 0 Å². The molecule has 1 rings (SSSR count). The molecule has 0 N–H and O–H groups in total. The summed E-state index contributed by atoms with van der Waals surface area (Å²) in [4.78, 5) is 11.6. The summed E-state index contributed by atoms with van der Waals surface area (Å²) >= 11 is 0. The molecule has 146 valence electrons. The molecule has 0 amide bonds. The second-order valence-corrected chi connectivity index (χ2v) is 5.26. The van der Waals surface area contributed by atoms with Gasteiger partial charge >= 0.3 is 5.97 Å². The van der Waals surface area contributed by atoms with E-state index in [-0.39, 0.29) is 13.2 Å². The molecule has 0 aliphatic rings. The first-order valence-electron chi connectivity index (χ1n) is 8.31. The lowest BCUT2D eigenvalue weighted by molar-refractivity contribution is -0.147. The van der Waals surface area contributed by atoms with E-state index in [1.54, 1.807) is 44.4 Å². The summed E-state index contributed by atoms with van der Waals surface area (Å²) in [5, 5.41) is 0. The van der Waals surface area contributed by atoms with Crippen LogP contribution in [0.25, 0.3) is 0 Å². The average molecular weight is 374 g/mol. The Balaban J connectivity index is 2.80. The SMILES string of the molecule is C=C/C=C\C(OC)=C(/C)OCC(COc1ccccc1OC)OC(=O)C=C. The Bertz CT molecular complexity index is 690. The van der Waals surface area contributed by atoms with Crippen molar-refractivity contribution < 1.29 is 28.5 Å². The summed E-state index contributed by atoms with van der Waals surface area (Å²) < 4.78 is 27.2. The monoisotopic (exact) mass is 374 g/mol. The molecule has 6 heteroatoms. The van der Waals surface area contributed by atoms with Crippen LogP contribution in [-0.4, -0.2) is 39.5 Å². The van der Waals surface area contributed by atoms with Gasteiger partial charge in [-0.2, -0.15) is 0 Å². The standard InChI is InChI=1S/C21H26O6/c1-6-8-11-18(23-4)16(3)25-14-17(27-21(22)7-2)15-26-20-13-10-9-12-19(20)24-5/h6-13,17H,1-2,14-15H2,3-5H3/b11-8-,18-16-. The fourth-order valence-electron chi connectivity index (χ4n) is 2.02. The molecule has 1 unspecified atom stereocenters. The Morgan fingerprint density at radius 3 is 2.44 bits per heavy atom. The van der Waals surface area contributed by atoms with Gasteiger partial charge < -0.3 is 23.7 Å². The van der Waals surface area contributed by atoms with Crippen molar-refractivity contribution in [2.75, 3.05) is 27.4 Å². The van der Waals surface area contributed by atoms with Crippen molar-refractivity contribution in [1.29, 1.82) is 0 Å². The van der Waals surface area contributed by atoms with Crippen LogP contribution >= 0.6 is 0 Å². The molecule has 0 aliphatic heterocycles. The predicted octanol–water partition coefficient (Wildman–Crippen LogP) is 3.81. The van der Waals surface area contributed by atoms with Crippen LogP contribution in [0.4, 0.5) is 0 Å². The van der Waals surface area contributed by atoms with Crippen LogP contribution in [0.15, 0.2) is 73.2 Å². The maximum absolute atomic E-state index is 11.6. The van der Waals surface area contributed by atoms with E-state index in [1.165, 1.54) is 7.11 Å². The molecule has 0 aromatic heterocycles. The number of hydrogen-bond donors (Lipinski definition) is 0. The normalized spacial score (nSPS) is 12.6. The van der Waals surface area contributed by atoms with E-state index in [2.05, 4.69) is 13.2 Å². The molecule has 0 fully saturated rings. The van der Waals surface area contributed by atoms with Crippen LogP contribution in [0.3, 0.4) is 0 Å². The fraction of sp³-hybridized carbons (Fsp3) is 0.286. The van der Waals surface area contributed by atoms with Crippen molar-refractivity contribution in [2.24, 2.45) is 0 Å². The Morgan fingerprint density at radius 1 is 1.15 bits per heavy atom. The van der Waals surface area contributed by atoms with Crippen molar-refractivity contribution in [3.63, 3.8) is 0 Å². The summed E-state index contributed by atoms with van der Waals surface area (Å²) in [5.41, 5.74) is 0. The fourth-order valence-corrected chi connectivity index (χ4v) is 2.02. The number of benzene rings is 1. The highest BCUT2D eigenvalue weighted by atomic mass is 16.6. The highest BCUT2D eigenvalue weighted by Gasteiger charge is 2.17. The van der Waals surface area contributed by atoms with Gasteiger partial charge in [0.2, 0.25) is 0 Å². The first-order chi connectivity index (χ1) is 13.0. The zero-order valence-electron chi connectivity index (χ0n) is 16.0. The second-order valence-electron chi connectivity index (χ2n) is 5.26. The number of hydrogen-bond acceptors (Lipinski definition) is 6. The van der Waals surface area contributed by atoms with Crippen molar-refractivity contribution in [3.8, 4) is 11.5 Å². The zero-order chi connectivity index (χ0) is 20.1. The minimum Gasteiger partial charge on any atom is -0.493 e. The smallest absolute Gasteiger partial charge is 0.330 e. The summed E-state index contributed by atoms with van der Waals surface area (Å²) in [6.45, 7) is 8.93. The van der Waals surface area contributed by atoms with Gasteiger partial charge in [-0.25, -0.2) is 4.79 Å². The number of carbonyl (C=O) groups excluding carboxylic acids is 1. The molecule has 0 aliphatic carbocycles. The van der Waals surface area contributed by atoms with Crippen LogP contribution < -0.4 is 9.47 Å². The van der Waals surface area contributed by atoms with Gasteiger partial charge in [0.1, 0.15) is 19.0 Å². The maximum Gasteiger partial charge on any atom is 0.330 e. The molecule has 1 aromatic carbocycles. The van der Waals surface area contributed by atoms with Crippen LogP contribution in [0, 0.1) is 0 Å². The first-order valence-corrected chi connectivity index (χ1v) is 8.31. The lowest BCUT2D eigenvalue weighted by atomic mass is 10.3. The van der Waals surface area contributed by atoms with Crippen LogP contribution in [-0.2, 0) is 19.0 Å². The number of rotatable bonds is 12. The van der Waals surface area contributed by atoms with Crippen molar-refractivity contribution in [2.45, 2.75) is 13.0 Å². The average Bonchev–Trinajstić information content (AvgIpc) is 2.70. The minimum absolute atomic E-state index is 0.0787. The Hall–Kier alpha value is -3.15. The highest BCUT2D eigenvalue weighted by Crippen LogP contribution is 2.26. The second kappa shape index (κ2) is 12.2. The number of methoxy groups -OCH3 is 2. The van der Waals surface area contributed by atoms with Crippen LogP contribution in [0.1, 0.15) is 6.92 Å². The number of ether oxygens (including phenoxy) is 5. The van der Waals surface area contributed by atoms with Crippen LogP contribution in [0.5, 0.6) is 11.5 Å². The molecule has 1 atom stereocenters. The van der Waals surface area contributed by atoms with Gasteiger partial charge in [-0.3, -0.25) is 0 Å². The molecular weight excluding hydrogens is 348 g/mol. The molecule has 0 spiro atoms. The highest BCUT2D eigenvalue weighted by molar-refractivity contribution is 5.81. The van der Waals surface area contributed by atoms with E-state index >= 15 is 0 Å². The summed E-state index contributed by atoms with van der Waals surface area (Å²) in [6, 6.07) is 7.20. The van der Waals surface area contributed by atoms with Gasteiger partial charge in [0.05, 0.1) is 14.2 Å². The summed E-state index contributed by atoms with van der Waals surface area (Å²) in [5.74, 6) is 1.63. The molecule has 0 radical (unpaired) electrons. The molecule has 0 saturated heterocycles. The largest absolute Gasteiger partial charge is 0.493 e. The van der Waals surface area contributed by atoms with Gasteiger partial charge in [0, 0.05) is 6.08 Å².